The van der Waals surface area contributed by atoms with E-state index in [2.05, 4.69) is 9.62 Å². The molecule has 2 unspecified atom stereocenters. The van der Waals surface area contributed by atoms with Crippen LogP contribution in [0.25, 0.3) is 0 Å². The second kappa shape index (κ2) is 8.66. The van der Waals surface area contributed by atoms with E-state index in [1.807, 2.05) is 11.9 Å². The minimum Gasteiger partial charge on any atom is -0.495 e. The molecule has 2 heterocycles. The first-order valence-electron chi connectivity index (χ1n) is 10.5. The van der Waals surface area contributed by atoms with Crippen molar-refractivity contribution in [3.8, 4) is 5.75 Å². The van der Waals surface area contributed by atoms with E-state index in [1.54, 1.807) is 0 Å². The van der Waals surface area contributed by atoms with Crippen LogP contribution in [0.5, 0.6) is 5.75 Å². The number of fused-ring (bicyclic) bond motifs is 1. The molecule has 0 spiro atoms. The number of aromatic carboxylic acids is 1. The van der Waals surface area contributed by atoms with Crippen molar-refractivity contribution in [2.45, 2.75) is 11.1 Å². The molecule has 0 amide bonds. The topological polar surface area (TPSA) is 99.2 Å². The number of methoxy groups -OCH3 is 1. The maximum Gasteiger partial charge on any atom is 0.416 e. The molecule has 2 aromatic carbocycles. The highest BCUT2D eigenvalue weighted by molar-refractivity contribution is 7.92. The summed E-state index contributed by atoms with van der Waals surface area (Å²) in [6.07, 6.45) is -4.68. The van der Waals surface area contributed by atoms with Crippen LogP contribution in [-0.2, 0) is 16.2 Å². The average Bonchev–Trinajstić information content (AvgIpc) is 3.29. The van der Waals surface area contributed by atoms with Gasteiger partial charge in [-0.15, -0.1) is 0 Å². The number of sulfonamides is 1. The van der Waals surface area contributed by atoms with E-state index in [1.165, 1.54) is 25.3 Å². The van der Waals surface area contributed by atoms with Gasteiger partial charge in [0.05, 0.1) is 29.6 Å². The molecule has 34 heavy (non-hydrogen) atoms. The number of anilines is 2. The van der Waals surface area contributed by atoms with E-state index in [0.29, 0.717) is 30.6 Å². The van der Waals surface area contributed by atoms with Gasteiger partial charge in [0.25, 0.3) is 10.0 Å². The van der Waals surface area contributed by atoms with Crippen LogP contribution in [0.3, 0.4) is 0 Å². The minimum absolute atomic E-state index is 0.134. The number of hydrogen-bond donors (Lipinski definition) is 2. The summed E-state index contributed by atoms with van der Waals surface area (Å²) < 4.78 is 74.1. The largest absolute Gasteiger partial charge is 0.495 e. The molecule has 0 saturated carbocycles. The van der Waals surface area contributed by atoms with Gasteiger partial charge in [-0.25, -0.2) is 13.2 Å². The Kier molecular flexibility index (Phi) is 6.15. The first-order chi connectivity index (χ1) is 15.9. The number of carboxylic acids is 1. The summed E-state index contributed by atoms with van der Waals surface area (Å²) in [7, 11) is -1.27. The van der Waals surface area contributed by atoms with E-state index >= 15 is 0 Å². The molecule has 2 saturated heterocycles. The average molecular weight is 500 g/mol. The van der Waals surface area contributed by atoms with Gasteiger partial charge in [-0.3, -0.25) is 4.72 Å². The zero-order chi connectivity index (χ0) is 24.8. The van der Waals surface area contributed by atoms with Crippen LogP contribution in [0.1, 0.15) is 15.9 Å². The number of likely N-dealkylation sites (tertiary alicyclic amines) is 1. The highest BCUT2D eigenvalue weighted by atomic mass is 32.2. The summed E-state index contributed by atoms with van der Waals surface area (Å²) in [5.41, 5.74) is -1.20. The van der Waals surface area contributed by atoms with Gasteiger partial charge in [-0.05, 0) is 55.3 Å². The molecule has 2 aliphatic rings. The lowest BCUT2D eigenvalue weighted by Crippen LogP contribution is -2.28. The van der Waals surface area contributed by atoms with Crippen molar-refractivity contribution in [2.75, 3.05) is 50.0 Å². The monoisotopic (exact) mass is 499 g/mol. The molecule has 0 bridgehead atoms. The summed E-state index contributed by atoms with van der Waals surface area (Å²) in [6, 6.07) is 6.24. The number of rotatable bonds is 6. The Labute approximate surface area is 195 Å². The first-order valence-corrected chi connectivity index (χ1v) is 12.0. The molecular formula is C22H24F3N3O5S. The van der Waals surface area contributed by atoms with Gasteiger partial charge in [0.15, 0.2) is 0 Å². The molecule has 0 aliphatic carbocycles. The van der Waals surface area contributed by atoms with Gasteiger partial charge in [0.2, 0.25) is 0 Å². The van der Waals surface area contributed by atoms with Crippen molar-refractivity contribution in [2.24, 2.45) is 11.8 Å². The smallest absolute Gasteiger partial charge is 0.416 e. The zero-order valence-corrected chi connectivity index (χ0v) is 19.3. The molecule has 184 valence electrons. The first kappa shape index (κ1) is 24.1. The van der Waals surface area contributed by atoms with Gasteiger partial charge < -0.3 is 19.6 Å². The maximum atomic E-state index is 13.4. The van der Waals surface area contributed by atoms with Crippen LogP contribution in [0.15, 0.2) is 41.3 Å². The van der Waals surface area contributed by atoms with Crippen molar-refractivity contribution in [1.82, 2.24) is 4.90 Å². The zero-order valence-electron chi connectivity index (χ0n) is 18.5. The summed E-state index contributed by atoms with van der Waals surface area (Å²) in [5.74, 6) is -0.814. The molecule has 0 aromatic heterocycles. The Morgan fingerprint density at radius 3 is 2.29 bits per heavy atom. The number of benzene rings is 2. The lowest BCUT2D eigenvalue weighted by molar-refractivity contribution is -0.137. The molecule has 12 heteroatoms. The van der Waals surface area contributed by atoms with Crippen LogP contribution < -0.4 is 14.4 Å². The number of ether oxygens (including phenoxy) is 1. The van der Waals surface area contributed by atoms with E-state index in [-0.39, 0.29) is 17.0 Å². The van der Waals surface area contributed by atoms with E-state index in [0.717, 1.165) is 31.3 Å². The molecule has 2 fully saturated rings. The predicted octanol–water partition coefficient (Wildman–Crippen LogP) is 3.21. The lowest BCUT2D eigenvalue weighted by atomic mass is 10.0. The predicted molar refractivity (Wildman–Crippen MR) is 119 cm³/mol. The quantitative estimate of drug-likeness (QED) is 0.630. The number of halogens is 3. The van der Waals surface area contributed by atoms with Crippen LogP contribution in [0, 0.1) is 11.8 Å². The van der Waals surface area contributed by atoms with Crippen molar-refractivity contribution >= 4 is 27.4 Å². The van der Waals surface area contributed by atoms with Gasteiger partial charge in [0.1, 0.15) is 10.6 Å². The Bertz CT molecular complexity index is 1200. The van der Waals surface area contributed by atoms with E-state index in [4.69, 9.17) is 4.74 Å². The fraction of sp³-hybridized carbons (Fsp3) is 0.409. The molecule has 0 radical (unpaired) electrons. The fourth-order valence-electron chi connectivity index (χ4n) is 4.71. The lowest BCUT2D eigenvalue weighted by Gasteiger charge is -2.25. The van der Waals surface area contributed by atoms with Crippen LogP contribution in [-0.4, -0.2) is 64.7 Å². The van der Waals surface area contributed by atoms with Crippen LogP contribution in [0.4, 0.5) is 24.5 Å². The molecule has 2 N–H and O–H groups in total. The Morgan fingerprint density at radius 1 is 1.09 bits per heavy atom. The van der Waals surface area contributed by atoms with Crippen molar-refractivity contribution in [1.29, 1.82) is 0 Å². The van der Waals surface area contributed by atoms with E-state index in [9.17, 15) is 31.5 Å². The number of alkyl halides is 3. The Balaban J connectivity index is 1.74. The summed E-state index contributed by atoms with van der Waals surface area (Å²) in [6.45, 7) is 2.91. The molecule has 2 atom stereocenters. The van der Waals surface area contributed by atoms with Gasteiger partial charge in [-0.1, -0.05) is 0 Å². The summed E-state index contributed by atoms with van der Waals surface area (Å²) in [4.78, 5) is 15.0. The highest BCUT2D eigenvalue weighted by Crippen LogP contribution is 2.41. The van der Waals surface area contributed by atoms with Crippen molar-refractivity contribution in [3.63, 3.8) is 0 Å². The number of nitrogens with zero attached hydrogens (tertiary/aromatic N) is 2. The number of carboxylic acid groups (broad SMARTS) is 1. The third-order valence-corrected chi connectivity index (χ3v) is 7.66. The fourth-order valence-corrected chi connectivity index (χ4v) is 5.98. The van der Waals surface area contributed by atoms with Crippen molar-refractivity contribution in [3.05, 3.63) is 47.5 Å². The van der Waals surface area contributed by atoms with Gasteiger partial charge in [0, 0.05) is 26.2 Å². The molecule has 4 rings (SSSR count). The second-order valence-electron chi connectivity index (χ2n) is 8.65. The summed E-state index contributed by atoms with van der Waals surface area (Å²) >= 11 is 0. The van der Waals surface area contributed by atoms with Crippen molar-refractivity contribution < 1.29 is 36.2 Å². The Morgan fingerprint density at radius 2 is 1.74 bits per heavy atom. The molecular weight excluding hydrogens is 475 g/mol. The maximum absolute atomic E-state index is 13.4. The van der Waals surface area contributed by atoms with Gasteiger partial charge >= 0.3 is 12.1 Å². The van der Waals surface area contributed by atoms with Gasteiger partial charge in [-0.2, -0.15) is 13.2 Å². The second-order valence-corrected chi connectivity index (χ2v) is 10.3. The van der Waals surface area contributed by atoms with Crippen LogP contribution in [0.2, 0.25) is 0 Å². The number of carbonyl (C=O) groups is 1. The molecule has 2 aromatic rings. The Hall–Kier alpha value is -2.99. The molecule has 2 aliphatic heterocycles. The normalized spacial score (nSPS) is 20.9. The van der Waals surface area contributed by atoms with Crippen LogP contribution >= 0.6 is 0 Å². The number of nitrogens with one attached hydrogen (secondary N) is 1. The minimum atomic E-state index is -4.68. The third kappa shape index (κ3) is 4.64. The standard InChI is InChI=1S/C22H24F3N3O5S/c1-27-9-14-11-28(12-15(14)10-27)18-5-4-16(22(23,24)25)8-17(18)26-34(31,32)20-7-13(21(29)30)3-6-19(20)33-2/h3-8,14-15,26H,9-12H2,1-2H3,(H,29,30). The number of hydrogen-bond acceptors (Lipinski definition) is 6. The third-order valence-electron chi connectivity index (χ3n) is 6.28. The summed E-state index contributed by atoms with van der Waals surface area (Å²) in [5, 5.41) is 9.25. The SMILES string of the molecule is COc1ccc(C(=O)O)cc1S(=O)(=O)Nc1cc(C(F)(F)F)ccc1N1CC2CN(C)CC2C1. The highest BCUT2D eigenvalue weighted by Gasteiger charge is 2.40. The van der Waals surface area contributed by atoms with E-state index < -0.39 is 32.6 Å². The molecule has 8 nitrogen and oxygen atoms in total.